The zero-order valence-electron chi connectivity index (χ0n) is 12.1. The number of hydrogen-bond donors (Lipinski definition) is 1. The Hall–Kier alpha value is -0.653. The normalized spacial score (nSPS) is 24.9. The minimum absolute atomic E-state index is 0.111. The molecule has 0 radical (unpaired) electrons. The molecule has 0 fully saturated rings. The van der Waals surface area contributed by atoms with Crippen LogP contribution in [0.15, 0.2) is 11.6 Å². The molecule has 0 aromatic carbocycles. The van der Waals surface area contributed by atoms with Crippen molar-refractivity contribution in [1.29, 1.82) is 0 Å². The predicted octanol–water partition coefficient (Wildman–Crippen LogP) is 2.24. The summed E-state index contributed by atoms with van der Waals surface area (Å²) in [7, 11) is -0.565. The molecular formula is C13H24O4Si. The van der Waals surface area contributed by atoms with Crippen LogP contribution >= 0.6 is 0 Å². The van der Waals surface area contributed by atoms with Gasteiger partial charge in [-0.2, -0.15) is 0 Å². The third-order valence-corrected chi connectivity index (χ3v) is 8.36. The van der Waals surface area contributed by atoms with Crippen molar-refractivity contribution in [3.05, 3.63) is 11.6 Å². The maximum absolute atomic E-state index is 11.4. The van der Waals surface area contributed by atoms with Gasteiger partial charge in [0.25, 0.3) is 0 Å². The minimum Gasteiger partial charge on any atom is -0.466 e. The van der Waals surface area contributed by atoms with E-state index in [1.54, 1.807) is 6.08 Å². The van der Waals surface area contributed by atoms with Crippen LogP contribution in [0.3, 0.4) is 0 Å². The van der Waals surface area contributed by atoms with Crippen LogP contribution in [0.25, 0.3) is 0 Å². The fourth-order valence-electron chi connectivity index (χ4n) is 1.69. The first kappa shape index (κ1) is 15.4. The molecule has 5 heteroatoms. The molecule has 0 aromatic heterocycles. The highest BCUT2D eigenvalue weighted by molar-refractivity contribution is 6.74. The van der Waals surface area contributed by atoms with Crippen molar-refractivity contribution in [2.24, 2.45) is 0 Å². The van der Waals surface area contributed by atoms with E-state index in [0.29, 0.717) is 12.0 Å². The molecule has 4 nitrogen and oxygen atoms in total. The Morgan fingerprint density at radius 3 is 2.44 bits per heavy atom. The highest BCUT2D eigenvalue weighted by atomic mass is 28.4. The smallest absolute Gasteiger partial charge is 0.336 e. The number of aliphatic hydroxyl groups excluding tert-OH is 1. The summed E-state index contributed by atoms with van der Waals surface area (Å²) in [4.78, 5) is 11.4. The third kappa shape index (κ3) is 3.21. The van der Waals surface area contributed by atoms with E-state index in [-0.39, 0.29) is 11.1 Å². The molecule has 0 heterocycles. The van der Waals surface area contributed by atoms with Crippen molar-refractivity contribution >= 4 is 14.3 Å². The first-order valence-corrected chi connectivity index (χ1v) is 9.15. The molecule has 0 bridgehead atoms. The molecule has 0 aromatic rings. The van der Waals surface area contributed by atoms with E-state index >= 15 is 0 Å². The number of carbonyl (C=O) groups is 1. The van der Waals surface area contributed by atoms with Gasteiger partial charge in [0.05, 0.1) is 24.9 Å². The Labute approximate surface area is 110 Å². The number of aliphatic hydroxyl groups is 1. The highest BCUT2D eigenvalue weighted by Crippen LogP contribution is 2.39. The Morgan fingerprint density at radius 1 is 1.44 bits per heavy atom. The topological polar surface area (TPSA) is 55.8 Å². The van der Waals surface area contributed by atoms with Crippen molar-refractivity contribution in [2.45, 2.75) is 57.5 Å². The van der Waals surface area contributed by atoms with Gasteiger partial charge in [-0.25, -0.2) is 4.79 Å². The van der Waals surface area contributed by atoms with Crippen LogP contribution < -0.4 is 0 Å². The number of esters is 1. The van der Waals surface area contributed by atoms with Crippen molar-refractivity contribution < 1.29 is 19.1 Å². The lowest BCUT2D eigenvalue weighted by atomic mass is 10.2. The quantitative estimate of drug-likeness (QED) is 0.632. The second-order valence-electron chi connectivity index (χ2n) is 6.28. The number of rotatable bonds is 3. The van der Waals surface area contributed by atoms with E-state index in [0.717, 1.165) is 0 Å². The maximum atomic E-state index is 11.4. The lowest BCUT2D eigenvalue weighted by molar-refractivity contribution is -0.137. The Balaban J connectivity index is 2.78. The summed E-state index contributed by atoms with van der Waals surface area (Å²) in [5, 5.41) is 9.94. The summed E-state index contributed by atoms with van der Waals surface area (Å²) < 4.78 is 10.8. The molecule has 0 saturated carbocycles. The molecule has 104 valence electrons. The van der Waals surface area contributed by atoms with E-state index in [2.05, 4.69) is 38.6 Å². The van der Waals surface area contributed by atoms with Crippen LogP contribution in [0.5, 0.6) is 0 Å². The average molecular weight is 272 g/mol. The monoisotopic (exact) mass is 272 g/mol. The predicted molar refractivity (Wildman–Crippen MR) is 72.8 cm³/mol. The number of ether oxygens (including phenoxy) is 1. The largest absolute Gasteiger partial charge is 0.466 e. The van der Waals surface area contributed by atoms with Gasteiger partial charge in [0, 0.05) is 6.42 Å². The summed E-state index contributed by atoms with van der Waals surface area (Å²) in [5.41, 5.74) is 0.321. The van der Waals surface area contributed by atoms with Crippen LogP contribution in [0.4, 0.5) is 0 Å². The van der Waals surface area contributed by atoms with Crippen LogP contribution in [0.1, 0.15) is 27.2 Å². The van der Waals surface area contributed by atoms with Gasteiger partial charge >= 0.3 is 5.97 Å². The van der Waals surface area contributed by atoms with Crippen LogP contribution in [-0.4, -0.2) is 38.7 Å². The second kappa shape index (κ2) is 5.15. The second-order valence-corrected chi connectivity index (χ2v) is 11.0. The molecule has 1 aliphatic carbocycles. The molecule has 0 spiro atoms. The number of carbonyl (C=O) groups excluding carboxylic acids is 1. The van der Waals surface area contributed by atoms with Crippen LogP contribution in [-0.2, 0) is 14.0 Å². The number of hydrogen-bond acceptors (Lipinski definition) is 4. The van der Waals surface area contributed by atoms with Gasteiger partial charge in [-0.1, -0.05) is 20.8 Å². The van der Waals surface area contributed by atoms with Crippen molar-refractivity contribution in [3.63, 3.8) is 0 Å². The molecule has 18 heavy (non-hydrogen) atoms. The highest BCUT2D eigenvalue weighted by Gasteiger charge is 2.41. The van der Waals surface area contributed by atoms with E-state index in [9.17, 15) is 9.90 Å². The van der Waals surface area contributed by atoms with E-state index in [1.165, 1.54) is 7.11 Å². The Kier molecular flexibility index (Phi) is 4.41. The van der Waals surface area contributed by atoms with Crippen molar-refractivity contribution in [2.75, 3.05) is 7.11 Å². The number of methoxy groups -OCH3 is 1. The maximum Gasteiger partial charge on any atom is 0.336 e. The van der Waals surface area contributed by atoms with Crippen LogP contribution in [0, 0.1) is 0 Å². The molecule has 1 rings (SSSR count). The Morgan fingerprint density at radius 2 is 2.00 bits per heavy atom. The summed E-state index contributed by atoms with van der Waals surface area (Å²) in [5.74, 6) is -0.469. The lowest BCUT2D eigenvalue weighted by Crippen LogP contribution is -2.43. The molecule has 1 aliphatic rings. The molecule has 1 N–H and O–H groups in total. The fourth-order valence-corrected chi connectivity index (χ4v) is 2.96. The van der Waals surface area contributed by atoms with Gasteiger partial charge in [0.1, 0.15) is 0 Å². The minimum atomic E-state index is -1.88. The van der Waals surface area contributed by atoms with Crippen molar-refractivity contribution in [1.82, 2.24) is 0 Å². The van der Waals surface area contributed by atoms with E-state index < -0.39 is 20.4 Å². The first-order chi connectivity index (χ1) is 8.08. The zero-order valence-corrected chi connectivity index (χ0v) is 13.1. The van der Waals surface area contributed by atoms with Crippen molar-refractivity contribution in [3.8, 4) is 0 Å². The van der Waals surface area contributed by atoms with Gasteiger partial charge in [-0.05, 0) is 24.2 Å². The van der Waals surface area contributed by atoms with E-state index in [4.69, 9.17) is 4.43 Å². The first-order valence-electron chi connectivity index (χ1n) is 6.24. The third-order valence-electron chi connectivity index (χ3n) is 3.85. The summed E-state index contributed by atoms with van der Waals surface area (Å²) in [6.07, 6.45) is 1.19. The standard InChI is InChI=1S/C13H24O4Si/c1-13(2,3)18(5,6)17-9-7-10(11(14)8-9)12(15)16-4/h7,9,11,14H,8H2,1-6H3/t9-,11-/m1/s1. The van der Waals surface area contributed by atoms with Gasteiger partial charge in [-0.15, -0.1) is 0 Å². The molecular weight excluding hydrogens is 248 g/mol. The van der Waals surface area contributed by atoms with Gasteiger partial charge < -0.3 is 14.3 Å². The lowest BCUT2D eigenvalue weighted by Gasteiger charge is -2.38. The van der Waals surface area contributed by atoms with Gasteiger partial charge in [-0.3, -0.25) is 0 Å². The average Bonchev–Trinajstić information content (AvgIpc) is 2.55. The molecule has 0 aliphatic heterocycles. The van der Waals surface area contributed by atoms with Gasteiger partial charge in [0.2, 0.25) is 0 Å². The molecule has 0 amide bonds. The molecule has 2 atom stereocenters. The van der Waals surface area contributed by atoms with Crippen LogP contribution in [0.2, 0.25) is 18.1 Å². The Bertz CT molecular complexity index is 354. The van der Waals surface area contributed by atoms with E-state index in [1.807, 2.05) is 0 Å². The fraction of sp³-hybridized carbons (Fsp3) is 0.769. The zero-order chi connectivity index (χ0) is 14.1. The summed E-state index contributed by atoms with van der Waals surface area (Å²) in [6.45, 7) is 10.8. The SMILES string of the molecule is COC(=O)C1=C[C@@H](O[Si](C)(C)C(C)(C)C)C[C@H]1O. The molecule has 0 saturated heterocycles. The molecule has 0 unspecified atom stereocenters. The van der Waals surface area contributed by atoms with Gasteiger partial charge in [0.15, 0.2) is 8.32 Å². The summed E-state index contributed by atoms with van der Waals surface area (Å²) >= 11 is 0. The summed E-state index contributed by atoms with van der Waals surface area (Å²) in [6, 6.07) is 0.